The van der Waals surface area contributed by atoms with Gasteiger partial charge in [0.05, 0.1) is 16.7 Å². The number of carbonyl (C=O) groups is 1. The van der Waals surface area contributed by atoms with E-state index in [0.717, 1.165) is 16.5 Å². The second-order valence-corrected chi connectivity index (χ2v) is 11.7. The maximum absolute atomic E-state index is 13.5. The minimum Gasteiger partial charge on any atom is -0.300 e. The van der Waals surface area contributed by atoms with Gasteiger partial charge in [-0.25, -0.2) is 16.8 Å². The highest BCUT2D eigenvalue weighted by atomic mass is 32.2. The van der Waals surface area contributed by atoms with Gasteiger partial charge in [-0.05, 0) is 67.4 Å². The van der Waals surface area contributed by atoms with Crippen LogP contribution in [0.15, 0.2) is 58.8 Å². The Bertz CT molecular complexity index is 1250. The van der Waals surface area contributed by atoms with E-state index in [1.54, 1.807) is 19.9 Å². The number of rotatable bonds is 7. The third-order valence-corrected chi connectivity index (χ3v) is 9.12. The SMILES string of the molecule is CCN(CC)S(=O)(=O)c1ccc(C(=O)N(c2ccc(C)c(C)c2)[C@H]2C=CS(=O)(=O)C2)cc1. The molecule has 2 aromatic rings. The van der Waals surface area contributed by atoms with E-state index in [4.69, 9.17) is 0 Å². The van der Waals surface area contributed by atoms with E-state index in [0.29, 0.717) is 18.8 Å². The molecule has 0 unspecified atom stereocenters. The average molecular weight is 477 g/mol. The molecule has 0 fully saturated rings. The van der Waals surface area contributed by atoms with Gasteiger partial charge in [-0.1, -0.05) is 19.9 Å². The molecule has 0 saturated carbocycles. The lowest BCUT2D eigenvalue weighted by Gasteiger charge is -2.28. The first-order valence-electron chi connectivity index (χ1n) is 10.4. The molecule has 0 aromatic heterocycles. The van der Waals surface area contributed by atoms with Crippen molar-refractivity contribution in [1.82, 2.24) is 4.31 Å². The fraction of sp³-hybridized carbons (Fsp3) is 0.348. The van der Waals surface area contributed by atoms with Gasteiger partial charge < -0.3 is 4.90 Å². The number of sulfonamides is 1. The standard InChI is InChI=1S/C23H28N2O5S2/c1-5-24(6-2)32(29,30)22-11-8-19(9-12-22)23(26)25(21-13-14-31(27,28)16-21)20-10-7-17(3)18(4)15-20/h7-15,21H,5-6,16H2,1-4H3/t21-/m0/s1. The summed E-state index contributed by atoms with van der Waals surface area (Å²) in [5, 5.41) is 1.14. The van der Waals surface area contributed by atoms with Crippen molar-refractivity contribution in [1.29, 1.82) is 0 Å². The lowest BCUT2D eigenvalue weighted by Crippen LogP contribution is -2.41. The van der Waals surface area contributed by atoms with Crippen molar-refractivity contribution in [2.24, 2.45) is 0 Å². The van der Waals surface area contributed by atoms with E-state index in [2.05, 4.69) is 0 Å². The number of anilines is 1. The minimum atomic E-state index is -3.64. The van der Waals surface area contributed by atoms with Crippen molar-refractivity contribution >= 4 is 31.5 Å². The van der Waals surface area contributed by atoms with Crippen LogP contribution < -0.4 is 4.90 Å². The number of amides is 1. The van der Waals surface area contributed by atoms with Crippen LogP contribution in [-0.2, 0) is 19.9 Å². The molecule has 1 aliphatic rings. The number of hydrogen-bond donors (Lipinski definition) is 0. The minimum absolute atomic E-state index is 0.110. The topological polar surface area (TPSA) is 91.8 Å². The zero-order chi connectivity index (χ0) is 23.7. The second-order valence-electron chi connectivity index (χ2n) is 7.78. The normalized spacial score (nSPS) is 17.6. The summed E-state index contributed by atoms with van der Waals surface area (Å²) in [6, 6.07) is 10.7. The van der Waals surface area contributed by atoms with Crippen LogP contribution in [-0.4, -0.2) is 51.9 Å². The summed E-state index contributed by atoms with van der Waals surface area (Å²) in [5.41, 5.74) is 2.90. The van der Waals surface area contributed by atoms with Crippen LogP contribution in [0.4, 0.5) is 5.69 Å². The van der Waals surface area contributed by atoms with E-state index in [-0.39, 0.29) is 16.2 Å². The third-order valence-electron chi connectivity index (χ3n) is 5.67. The Morgan fingerprint density at radius 3 is 2.12 bits per heavy atom. The van der Waals surface area contributed by atoms with Crippen LogP contribution in [0.2, 0.25) is 0 Å². The molecule has 1 heterocycles. The molecule has 3 rings (SSSR count). The number of aryl methyl sites for hydroxylation is 2. The summed E-state index contributed by atoms with van der Waals surface area (Å²) in [5.74, 6) is -0.591. The molecule has 9 heteroatoms. The highest BCUT2D eigenvalue weighted by Gasteiger charge is 2.32. The fourth-order valence-electron chi connectivity index (χ4n) is 3.68. The van der Waals surface area contributed by atoms with Crippen LogP contribution in [0.25, 0.3) is 0 Å². The monoisotopic (exact) mass is 476 g/mol. The number of nitrogens with zero attached hydrogens (tertiary/aromatic N) is 2. The zero-order valence-corrected chi connectivity index (χ0v) is 20.3. The molecule has 0 aliphatic carbocycles. The summed E-state index contributed by atoms with van der Waals surface area (Å²) < 4.78 is 50.9. The van der Waals surface area contributed by atoms with Gasteiger partial charge in [-0.3, -0.25) is 4.79 Å². The Labute approximate surface area is 190 Å². The molecule has 1 atom stereocenters. The van der Waals surface area contributed by atoms with Crippen LogP contribution in [0.3, 0.4) is 0 Å². The number of sulfone groups is 1. The van der Waals surface area contributed by atoms with Gasteiger partial charge in [0.25, 0.3) is 5.91 Å². The molecule has 0 bridgehead atoms. The van der Waals surface area contributed by atoms with Crippen molar-refractivity contribution in [3.05, 3.63) is 70.6 Å². The molecule has 0 radical (unpaired) electrons. The smallest absolute Gasteiger partial charge is 0.258 e. The van der Waals surface area contributed by atoms with Gasteiger partial charge >= 0.3 is 0 Å². The van der Waals surface area contributed by atoms with Gasteiger partial charge in [0.2, 0.25) is 10.0 Å². The Balaban J connectivity index is 2.00. The first kappa shape index (κ1) is 24.2. The van der Waals surface area contributed by atoms with Crippen molar-refractivity contribution in [2.45, 2.75) is 38.6 Å². The second kappa shape index (κ2) is 9.17. The predicted molar refractivity (Wildman–Crippen MR) is 126 cm³/mol. The Kier molecular flexibility index (Phi) is 6.92. The Morgan fingerprint density at radius 2 is 1.62 bits per heavy atom. The zero-order valence-electron chi connectivity index (χ0n) is 18.6. The van der Waals surface area contributed by atoms with E-state index in [9.17, 15) is 21.6 Å². The Morgan fingerprint density at radius 1 is 1.00 bits per heavy atom. The number of benzene rings is 2. The molecule has 0 spiro atoms. The number of carbonyl (C=O) groups excluding carboxylic acids is 1. The molecule has 1 aliphatic heterocycles. The van der Waals surface area contributed by atoms with Gasteiger partial charge in [-0.2, -0.15) is 4.31 Å². The molecule has 172 valence electrons. The van der Waals surface area contributed by atoms with Gasteiger partial charge in [0.1, 0.15) is 0 Å². The van der Waals surface area contributed by atoms with Crippen LogP contribution in [0.5, 0.6) is 0 Å². The van der Waals surface area contributed by atoms with Gasteiger partial charge in [0, 0.05) is 29.7 Å². The van der Waals surface area contributed by atoms with Crippen molar-refractivity contribution in [2.75, 3.05) is 23.7 Å². The van der Waals surface area contributed by atoms with E-state index in [1.165, 1.54) is 39.5 Å². The maximum Gasteiger partial charge on any atom is 0.258 e. The van der Waals surface area contributed by atoms with Crippen LogP contribution in [0, 0.1) is 13.8 Å². The molecule has 1 amide bonds. The molecule has 0 saturated heterocycles. The summed E-state index contributed by atoms with van der Waals surface area (Å²) in [6.45, 7) is 8.12. The van der Waals surface area contributed by atoms with Gasteiger partial charge in [-0.15, -0.1) is 0 Å². The maximum atomic E-state index is 13.5. The van der Waals surface area contributed by atoms with Crippen LogP contribution in [0.1, 0.15) is 35.3 Å². The molecule has 32 heavy (non-hydrogen) atoms. The highest BCUT2D eigenvalue weighted by molar-refractivity contribution is 7.94. The fourth-order valence-corrected chi connectivity index (χ4v) is 6.40. The van der Waals surface area contributed by atoms with Crippen molar-refractivity contribution in [3.8, 4) is 0 Å². The third kappa shape index (κ3) is 4.79. The molecule has 0 N–H and O–H groups in total. The predicted octanol–water partition coefficient (Wildman–Crippen LogP) is 3.29. The first-order chi connectivity index (χ1) is 15.0. The first-order valence-corrected chi connectivity index (χ1v) is 13.6. The molecule has 2 aromatic carbocycles. The van der Waals surface area contributed by atoms with Crippen molar-refractivity contribution in [3.63, 3.8) is 0 Å². The van der Waals surface area contributed by atoms with E-state index >= 15 is 0 Å². The van der Waals surface area contributed by atoms with Gasteiger partial charge in [0.15, 0.2) is 9.84 Å². The summed E-state index contributed by atoms with van der Waals surface area (Å²) in [6.07, 6.45) is 1.52. The summed E-state index contributed by atoms with van der Waals surface area (Å²) >= 11 is 0. The number of hydrogen-bond acceptors (Lipinski definition) is 5. The largest absolute Gasteiger partial charge is 0.300 e. The highest BCUT2D eigenvalue weighted by Crippen LogP contribution is 2.27. The lowest BCUT2D eigenvalue weighted by molar-refractivity contribution is 0.0983. The molecular formula is C23H28N2O5S2. The van der Waals surface area contributed by atoms with Crippen LogP contribution >= 0.6 is 0 Å². The quantitative estimate of drug-likeness (QED) is 0.612. The summed E-state index contributed by atoms with van der Waals surface area (Å²) in [7, 11) is -7.02. The molecule has 7 nitrogen and oxygen atoms in total. The molecular weight excluding hydrogens is 448 g/mol. The lowest BCUT2D eigenvalue weighted by atomic mass is 10.1. The Hall–Kier alpha value is -2.49. The summed E-state index contributed by atoms with van der Waals surface area (Å²) in [4.78, 5) is 15.1. The average Bonchev–Trinajstić information content (AvgIpc) is 3.10. The van der Waals surface area contributed by atoms with Crippen molar-refractivity contribution < 1.29 is 21.6 Å². The van der Waals surface area contributed by atoms with E-state index in [1.807, 2.05) is 26.0 Å². The van der Waals surface area contributed by atoms with E-state index < -0.39 is 31.8 Å².